The molecule has 0 aliphatic heterocycles. The lowest BCUT2D eigenvalue weighted by Crippen LogP contribution is -2.18. The number of aryl methyl sites for hydroxylation is 1. The van der Waals surface area contributed by atoms with E-state index in [1.807, 2.05) is 41.8 Å². The van der Waals surface area contributed by atoms with Crippen molar-refractivity contribution >= 4 is 34.7 Å². The largest absolute Gasteiger partial charge is 0.311 e. The molecule has 0 fully saturated rings. The van der Waals surface area contributed by atoms with Crippen molar-refractivity contribution in [1.29, 1.82) is 0 Å². The second kappa shape index (κ2) is 8.59. The summed E-state index contributed by atoms with van der Waals surface area (Å²) >= 11 is 7.78. The van der Waals surface area contributed by atoms with Crippen LogP contribution in [0, 0.1) is 6.92 Å². The van der Waals surface area contributed by atoms with Gasteiger partial charge in [0.15, 0.2) is 0 Å². The predicted octanol–water partition coefficient (Wildman–Crippen LogP) is 5.20. The quantitative estimate of drug-likeness (QED) is 0.464. The lowest BCUT2D eigenvalue weighted by Gasteiger charge is -2.09. The van der Waals surface area contributed by atoms with Gasteiger partial charge in [-0.25, -0.2) is 9.67 Å². The van der Waals surface area contributed by atoms with Gasteiger partial charge < -0.3 is 5.32 Å². The first kappa shape index (κ1) is 19.4. The molecule has 0 aliphatic carbocycles. The number of carbonyl (C=O) groups is 1. The van der Waals surface area contributed by atoms with Crippen molar-refractivity contribution in [1.82, 2.24) is 14.8 Å². The Hall–Kier alpha value is -2.96. The highest BCUT2D eigenvalue weighted by Crippen LogP contribution is 2.25. The van der Waals surface area contributed by atoms with Crippen LogP contribution < -0.4 is 5.32 Å². The molecule has 2 aromatic carbocycles. The van der Waals surface area contributed by atoms with Crippen LogP contribution in [0.15, 0.2) is 66.2 Å². The van der Waals surface area contributed by atoms with Crippen LogP contribution in [0.1, 0.15) is 16.8 Å². The fourth-order valence-corrected chi connectivity index (χ4v) is 4.02. The smallest absolute Gasteiger partial charge is 0.231 e. The van der Waals surface area contributed by atoms with Crippen LogP contribution >= 0.6 is 22.9 Å². The van der Waals surface area contributed by atoms with Gasteiger partial charge in [-0.15, -0.1) is 11.3 Å². The van der Waals surface area contributed by atoms with Crippen molar-refractivity contribution in [2.45, 2.75) is 19.9 Å². The molecule has 0 bridgehead atoms. The number of thiazole rings is 1. The van der Waals surface area contributed by atoms with Crippen molar-refractivity contribution in [3.8, 4) is 10.6 Å². The third kappa shape index (κ3) is 4.72. The average Bonchev–Trinajstić information content (AvgIpc) is 3.33. The maximum atomic E-state index is 12.5. The molecule has 0 spiro atoms. The van der Waals surface area contributed by atoms with E-state index < -0.39 is 0 Å². The van der Waals surface area contributed by atoms with E-state index in [4.69, 9.17) is 11.6 Å². The summed E-state index contributed by atoms with van der Waals surface area (Å²) in [6.45, 7) is 2.54. The molecule has 0 atom stereocenters. The molecule has 4 rings (SSSR count). The summed E-state index contributed by atoms with van der Waals surface area (Å²) in [7, 11) is 0. The molecule has 146 valence electrons. The lowest BCUT2D eigenvalue weighted by atomic mass is 10.1. The van der Waals surface area contributed by atoms with E-state index in [2.05, 4.69) is 34.5 Å². The van der Waals surface area contributed by atoms with Crippen LogP contribution in [0.25, 0.3) is 10.6 Å². The van der Waals surface area contributed by atoms with Crippen LogP contribution in [0.3, 0.4) is 0 Å². The molecule has 29 heavy (non-hydrogen) atoms. The Morgan fingerprint density at radius 3 is 2.86 bits per heavy atom. The molecule has 1 N–H and O–H groups in total. The van der Waals surface area contributed by atoms with E-state index in [0.29, 0.717) is 17.4 Å². The van der Waals surface area contributed by atoms with Gasteiger partial charge >= 0.3 is 0 Å². The summed E-state index contributed by atoms with van der Waals surface area (Å²) in [6, 6.07) is 17.6. The minimum absolute atomic E-state index is 0.132. The van der Waals surface area contributed by atoms with Gasteiger partial charge in [0.1, 0.15) is 10.8 Å². The van der Waals surface area contributed by atoms with Gasteiger partial charge in [-0.3, -0.25) is 4.79 Å². The monoisotopic (exact) mass is 422 g/mol. The SMILES string of the molecule is Cc1cccc(-c2nc(CC(=O)Nc3ccnn3Cc3ccccc3Cl)cs2)c1. The molecular formula is C22H19ClN4OS. The molecule has 4 aromatic rings. The average molecular weight is 423 g/mol. The Bertz CT molecular complexity index is 1150. The van der Waals surface area contributed by atoms with Crippen molar-refractivity contribution in [2.24, 2.45) is 0 Å². The first-order chi connectivity index (χ1) is 14.1. The fourth-order valence-electron chi connectivity index (χ4n) is 3.00. The molecule has 1 amide bonds. The molecule has 0 unspecified atom stereocenters. The van der Waals surface area contributed by atoms with Gasteiger partial charge in [0, 0.05) is 22.0 Å². The number of benzene rings is 2. The second-order valence-electron chi connectivity index (χ2n) is 6.70. The Balaban J connectivity index is 1.42. The Labute approximate surface area is 178 Å². The first-order valence-corrected chi connectivity index (χ1v) is 10.4. The number of rotatable bonds is 6. The third-order valence-electron chi connectivity index (χ3n) is 4.42. The van der Waals surface area contributed by atoms with Crippen molar-refractivity contribution in [3.05, 3.63) is 88.0 Å². The standard InChI is InChI=1S/C22H19ClN4OS/c1-15-5-4-7-16(11-15)22-25-18(14-29-22)12-21(28)26-20-9-10-24-27(20)13-17-6-2-3-8-19(17)23/h2-11,14H,12-13H2,1H3,(H,26,28). The van der Waals surface area contributed by atoms with Gasteiger partial charge in [0.2, 0.25) is 5.91 Å². The number of nitrogens with zero attached hydrogens (tertiary/aromatic N) is 3. The lowest BCUT2D eigenvalue weighted by molar-refractivity contribution is -0.115. The third-order valence-corrected chi connectivity index (χ3v) is 5.73. The maximum absolute atomic E-state index is 12.5. The zero-order valence-electron chi connectivity index (χ0n) is 15.8. The van der Waals surface area contributed by atoms with Crippen molar-refractivity contribution in [2.75, 3.05) is 5.32 Å². The van der Waals surface area contributed by atoms with Crippen LogP contribution in [-0.2, 0) is 17.8 Å². The first-order valence-electron chi connectivity index (χ1n) is 9.15. The second-order valence-corrected chi connectivity index (χ2v) is 7.97. The normalized spacial score (nSPS) is 10.8. The van der Waals surface area contributed by atoms with E-state index >= 15 is 0 Å². The highest BCUT2D eigenvalue weighted by molar-refractivity contribution is 7.13. The summed E-state index contributed by atoms with van der Waals surface area (Å²) in [5.74, 6) is 0.496. The van der Waals surface area contributed by atoms with E-state index in [0.717, 1.165) is 21.8 Å². The maximum Gasteiger partial charge on any atom is 0.231 e. The molecule has 0 saturated heterocycles. The van der Waals surface area contributed by atoms with E-state index in [-0.39, 0.29) is 12.3 Å². The number of aromatic nitrogens is 3. The number of nitrogens with one attached hydrogen (secondary N) is 1. The summed E-state index contributed by atoms with van der Waals surface area (Å²) in [5.41, 5.74) is 3.94. The van der Waals surface area contributed by atoms with Crippen LogP contribution in [0.2, 0.25) is 5.02 Å². The topological polar surface area (TPSA) is 59.8 Å². The molecular weight excluding hydrogens is 404 g/mol. The summed E-state index contributed by atoms with van der Waals surface area (Å²) < 4.78 is 1.72. The zero-order valence-corrected chi connectivity index (χ0v) is 17.4. The number of anilines is 1. The zero-order chi connectivity index (χ0) is 20.2. The molecule has 0 radical (unpaired) electrons. The molecule has 5 nitrogen and oxygen atoms in total. The minimum Gasteiger partial charge on any atom is -0.311 e. The van der Waals surface area contributed by atoms with Crippen LogP contribution in [-0.4, -0.2) is 20.7 Å². The predicted molar refractivity (Wildman–Crippen MR) is 117 cm³/mol. The minimum atomic E-state index is -0.132. The number of hydrogen-bond donors (Lipinski definition) is 1. The number of hydrogen-bond acceptors (Lipinski definition) is 4. The molecule has 2 aromatic heterocycles. The van der Waals surface area contributed by atoms with Crippen LogP contribution in [0.5, 0.6) is 0 Å². The summed E-state index contributed by atoms with van der Waals surface area (Å²) in [4.78, 5) is 17.1. The summed E-state index contributed by atoms with van der Waals surface area (Å²) in [6.07, 6.45) is 1.87. The van der Waals surface area contributed by atoms with Gasteiger partial charge in [-0.05, 0) is 24.6 Å². The Morgan fingerprint density at radius 2 is 2.03 bits per heavy atom. The van der Waals surface area contributed by atoms with Crippen molar-refractivity contribution < 1.29 is 4.79 Å². The van der Waals surface area contributed by atoms with Gasteiger partial charge in [-0.1, -0.05) is 53.6 Å². The highest BCUT2D eigenvalue weighted by atomic mass is 35.5. The molecule has 0 saturated carbocycles. The number of halogens is 1. The van der Waals surface area contributed by atoms with E-state index in [1.54, 1.807) is 28.3 Å². The van der Waals surface area contributed by atoms with E-state index in [9.17, 15) is 4.79 Å². The Morgan fingerprint density at radius 1 is 1.17 bits per heavy atom. The molecule has 0 aliphatic rings. The van der Waals surface area contributed by atoms with E-state index in [1.165, 1.54) is 5.56 Å². The summed E-state index contributed by atoms with van der Waals surface area (Å²) in [5, 5.41) is 10.7. The number of amides is 1. The van der Waals surface area contributed by atoms with Gasteiger partial charge in [0.25, 0.3) is 0 Å². The fraction of sp³-hybridized carbons (Fsp3) is 0.136. The number of carbonyl (C=O) groups excluding carboxylic acids is 1. The van der Waals surface area contributed by atoms with Gasteiger partial charge in [-0.2, -0.15) is 5.10 Å². The van der Waals surface area contributed by atoms with Crippen molar-refractivity contribution in [3.63, 3.8) is 0 Å². The highest BCUT2D eigenvalue weighted by Gasteiger charge is 2.12. The molecule has 2 heterocycles. The van der Waals surface area contributed by atoms with Gasteiger partial charge in [0.05, 0.1) is 24.9 Å². The van der Waals surface area contributed by atoms with Crippen LogP contribution in [0.4, 0.5) is 5.82 Å². The molecule has 7 heteroatoms. The Kier molecular flexibility index (Phi) is 5.74.